The normalized spacial score (nSPS) is 18.3. The quantitative estimate of drug-likeness (QED) is 0.660. The maximum absolute atomic E-state index is 12.1. The lowest BCUT2D eigenvalue weighted by Gasteiger charge is -2.24. The summed E-state index contributed by atoms with van der Waals surface area (Å²) in [5.74, 6) is 0.241. The fourth-order valence-corrected chi connectivity index (χ4v) is 4.56. The van der Waals surface area contributed by atoms with Crippen LogP contribution in [0.2, 0.25) is 0 Å². The van der Waals surface area contributed by atoms with Gasteiger partial charge in [-0.05, 0) is 83.0 Å². The first kappa shape index (κ1) is 14.8. The molecule has 1 aromatic carbocycles. The van der Waals surface area contributed by atoms with Gasteiger partial charge in [-0.25, -0.2) is 0 Å². The van der Waals surface area contributed by atoms with Crippen LogP contribution in [-0.2, 0) is 6.54 Å². The molecule has 0 amide bonds. The molecule has 0 radical (unpaired) electrons. The van der Waals surface area contributed by atoms with Crippen LogP contribution in [0.1, 0.15) is 37.7 Å². The van der Waals surface area contributed by atoms with Crippen molar-refractivity contribution < 1.29 is 10.0 Å². The van der Waals surface area contributed by atoms with Crippen molar-refractivity contribution in [2.75, 3.05) is 13.1 Å². The van der Waals surface area contributed by atoms with Crippen LogP contribution in [0.3, 0.4) is 0 Å². The van der Waals surface area contributed by atoms with Crippen LogP contribution < -0.4 is 10.0 Å². The van der Waals surface area contributed by atoms with Gasteiger partial charge in [-0.1, -0.05) is 12.2 Å². The van der Waals surface area contributed by atoms with E-state index < -0.39 is 0 Å². The van der Waals surface area contributed by atoms with Gasteiger partial charge in [-0.15, -0.1) is 0 Å². The number of quaternary nitrogens is 1. The monoisotopic (exact) mass is 471 g/mol. The number of hydrogen-bond donors (Lipinski definition) is 1. The Hall–Kier alpha value is 0.440. The number of hydrogen-bond acceptors (Lipinski definition) is 1. The molecule has 1 N–H and O–H groups in total. The topological polar surface area (TPSA) is 27.5 Å². The summed E-state index contributed by atoms with van der Waals surface area (Å²) in [5.41, 5.74) is 1.00. The Morgan fingerprint density at radius 1 is 1.00 bits per heavy atom. The van der Waals surface area contributed by atoms with E-state index in [0.29, 0.717) is 0 Å². The van der Waals surface area contributed by atoms with E-state index in [1.807, 2.05) is 6.07 Å². The smallest absolute Gasteiger partial charge is 0.102 e. The molecule has 1 aliphatic rings. The third kappa shape index (κ3) is 4.23. The molecule has 1 aromatic rings. The molecule has 2 rings (SSSR count). The highest BCUT2D eigenvalue weighted by molar-refractivity contribution is 14.1. The largest absolute Gasteiger partial charge is 0.871 e. The molecule has 0 aromatic heterocycles. The molecule has 0 atom stereocenters. The minimum Gasteiger partial charge on any atom is -0.871 e. The van der Waals surface area contributed by atoms with E-state index in [0.717, 1.165) is 15.7 Å². The Balaban J connectivity index is 2.07. The van der Waals surface area contributed by atoms with E-state index >= 15 is 0 Å². The van der Waals surface area contributed by atoms with Gasteiger partial charge in [0.05, 0.1) is 13.1 Å². The van der Waals surface area contributed by atoms with E-state index in [-0.39, 0.29) is 5.75 Å². The number of likely N-dealkylation sites (tertiary alicyclic amines) is 1. The Bertz CT molecular complexity index is 401. The second-order valence-corrected chi connectivity index (χ2v) is 7.48. The molecular formula is C14H19I2NO. The van der Waals surface area contributed by atoms with Gasteiger partial charge < -0.3 is 10.0 Å². The Labute approximate surface area is 136 Å². The molecular weight excluding hydrogens is 452 g/mol. The minimum absolute atomic E-state index is 0.241. The van der Waals surface area contributed by atoms with E-state index in [4.69, 9.17) is 0 Å². The fraction of sp³-hybridized carbons (Fsp3) is 0.571. The van der Waals surface area contributed by atoms with Crippen molar-refractivity contribution in [1.29, 1.82) is 0 Å². The van der Waals surface area contributed by atoms with Crippen LogP contribution in [0, 0.1) is 7.14 Å². The van der Waals surface area contributed by atoms with Gasteiger partial charge >= 0.3 is 0 Å². The van der Waals surface area contributed by atoms with E-state index in [2.05, 4.69) is 51.2 Å². The SMILES string of the molecule is [O-]c1c(I)cc(I)cc1C[NH+]1CCCCCCC1. The predicted molar refractivity (Wildman–Crippen MR) is 88.8 cm³/mol. The summed E-state index contributed by atoms with van der Waals surface area (Å²) in [4.78, 5) is 1.59. The maximum Gasteiger partial charge on any atom is 0.102 e. The second-order valence-electron chi connectivity index (χ2n) is 5.07. The van der Waals surface area contributed by atoms with Crippen molar-refractivity contribution in [3.05, 3.63) is 24.8 Å². The first-order chi connectivity index (χ1) is 8.66. The molecule has 1 fully saturated rings. The number of benzene rings is 1. The van der Waals surface area contributed by atoms with E-state index in [1.165, 1.54) is 48.8 Å². The third-order valence-electron chi connectivity index (χ3n) is 3.59. The van der Waals surface area contributed by atoms with Crippen LogP contribution in [0.5, 0.6) is 5.75 Å². The average Bonchev–Trinajstić information content (AvgIpc) is 2.28. The number of halogens is 2. The summed E-state index contributed by atoms with van der Waals surface area (Å²) in [7, 11) is 0. The van der Waals surface area contributed by atoms with Gasteiger partial charge in [-0.3, -0.25) is 0 Å². The van der Waals surface area contributed by atoms with Gasteiger partial charge in [0.1, 0.15) is 6.54 Å². The predicted octanol–water partition coefficient (Wildman–Crippen LogP) is 2.32. The van der Waals surface area contributed by atoms with Crippen molar-refractivity contribution in [2.45, 2.75) is 38.6 Å². The van der Waals surface area contributed by atoms with Gasteiger partial charge in [-0.2, -0.15) is 0 Å². The average molecular weight is 471 g/mol. The van der Waals surface area contributed by atoms with Crippen molar-refractivity contribution >= 4 is 45.2 Å². The van der Waals surface area contributed by atoms with Gasteiger partial charge in [0, 0.05) is 12.7 Å². The molecule has 0 unspecified atom stereocenters. The van der Waals surface area contributed by atoms with Gasteiger partial charge in [0.25, 0.3) is 0 Å². The number of rotatable bonds is 2. The second kappa shape index (κ2) is 7.28. The molecule has 0 saturated carbocycles. The highest BCUT2D eigenvalue weighted by atomic mass is 127. The molecule has 0 spiro atoms. The maximum atomic E-state index is 12.1. The van der Waals surface area contributed by atoms with Crippen LogP contribution in [0.4, 0.5) is 0 Å². The van der Waals surface area contributed by atoms with Crippen molar-refractivity contribution in [1.82, 2.24) is 0 Å². The summed E-state index contributed by atoms with van der Waals surface area (Å²) in [6, 6.07) is 4.03. The first-order valence-corrected chi connectivity index (χ1v) is 8.81. The lowest BCUT2D eigenvalue weighted by molar-refractivity contribution is -0.915. The first-order valence-electron chi connectivity index (χ1n) is 6.65. The van der Waals surface area contributed by atoms with Crippen LogP contribution in [0.25, 0.3) is 0 Å². The Kier molecular flexibility index (Phi) is 6.00. The summed E-state index contributed by atoms with van der Waals surface area (Å²) in [6.45, 7) is 3.36. The van der Waals surface area contributed by atoms with Crippen molar-refractivity contribution in [3.8, 4) is 5.75 Å². The number of nitrogens with one attached hydrogen (secondary N) is 1. The molecule has 0 aliphatic carbocycles. The lowest BCUT2D eigenvalue weighted by Crippen LogP contribution is -3.10. The summed E-state index contributed by atoms with van der Waals surface area (Å²) in [5, 5.41) is 12.1. The summed E-state index contributed by atoms with van der Waals surface area (Å²) < 4.78 is 2.04. The Morgan fingerprint density at radius 3 is 2.28 bits per heavy atom. The molecule has 1 aliphatic heterocycles. The molecule has 18 heavy (non-hydrogen) atoms. The highest BCUT2D eigenvalue weighted by Gasteiger charge is 2.13. The molecule has 2 nitrogen and oxygen atoms in total. The molecule has 100 valence electrons. The van der Waals surface area contributed by atoms with Gasteiger partial charge in [0.2, 0.25) is 0 Å². The Morgan fingerprint density at radius 2 is 1.61 bits per heavy atom. The van der Waals surface area contributed by atoms with Crippen molar-refractivity contribution in [3.63, 3.8) is 0 Å². The zero-order valence-electron chi connectivity index (χ0n) is 10.5. The molecule has 4 heteroatoms. The third-order valence-corrected chi connectivity index (χ3v) is 5.01. The summed E-state index contributed by atoms with van der Waals surface area (Å²) >= 11 is 4.46. The van der Waals surface area contributed by atoms with Crippen LogP contribution in [-0.4, -0.2) is 13.1 Å². The van der Waals surface area contributed by atoms with Crippen LogP contribution >= 0.6 is 45.2 Å². The fourth-order valence-electron chi connectivity index (χ4n) is 2.60. The van der Waals surface area contributed by atoms with Gasteiger partial charge in [0.15, 0.2) is 0 Å². The zero-order chi connectivity index (χ0) is 13.0. The summed E-state index contributed by atoms with van der Waals surface area (Å²) in [6.07, 6.45) is 6.73. The molecule has 0 bridgehead atoms. The van der Waals surface area contributed by atoms with Crippen LogP contribution in [0.15, 0.2) is 12.1 Å². The zero-order valence-corrected chi connectivity index (χ0v) is 14.8. The molecule has 1 saturated heterocycles. The lowest BCUT2D eigenvalue weighted by atomic mass is 10.1. The standard InChI is InChI=1S/C14H19I2NO/c15-12-8-11(14(18)13(16)9-12)10-17-6-4-2-1-3-5-7-17/h8-9,18H,1-7,10H2. The molecule has 1 heterocycles. The minimum atomic E-state index is 0.241. The highest BCUT2D eigenvalue weighted by Crippen LogP contribution is 2.24. The van der Waals surface area contributed by atoms with E-state index in [9.17, 15) is 5.11 Å². The van der Waals surface area contributed by atoms with E-state index in [1.54, 1.807) is 4.90 Å². The van der Waals surface area contributed by atoms with Crippen molar-refractivity contribution in [2.24, 2.45) is 0 Å².